The maximum Gasteiger partial charge on any atom is 0.433 e. The Morgan fingerprint density at radius 1 is 1.08 bits per heavy atom. The smallest absolute Gasteiger partial charge is 0.433 e. The highest BCUT2D eigenvalue weighted by molar-refractivity contribution is 5.39. The van der Waals surface area contributed by atoms with Crippen molar-refractivity contribution in [3.8, 4) is 5.75 Å². The van der Waals surface area contributed by atoms with E-state index in [1.54, 1.807) is 0 Å². The van der Waals surface area contributed by atoms with Crippen LogP contribution in [0.25, 0.3) is 0 Å². The lowest BCUT2D eigenvalue weighted by atomic mass is 9.87. The van der Waals surface area contributed by atoms with E-state index in [-0.39, 0.29) is 30.3 Å². The summed E-state index contributed by atoms with van der Waals surface area (Å²) in [5, 5.41) is 2.68. The Balaban J connectivity index is 1.88. The van der Waals surface area contributed by atoms with Crippen LogP contribution in [0.2, 0.25) is 0 Å². The normalized spacial score (nSPS) is 12.1. The number of rotatable bonds is 5. The van der Waals surface area contributed by atoms with Crippen molar-refractivity contribution >= 4 is 11.8 Å². The standard InChI is InChI=1S/C17H21F3N4O/c1-16(2,3)11-4-6-12(7-5-11)25-9-8-22-15-23-13(17(18,19)20)10-14(21)24-15/h4-7,10H,8-9H2,1-3H3,(H3,21,22,23,24). The van der Waals surface area contributed by atoms with Crippen molar-refractivity contribution in [3.63, 3.8) is 0 Å². The molecule has 0 aliphatic rings. The molecular weight excluding hydrogens is 333 g/mol. The van der Waals surface area contributed by atoms with E-state index in [9.17, 15) is 13.2 Å². The van der Waals surface area contributed by atoms with E-state index in [1.807, 2.05) is 24.3 Å². The molecule has 8 heteroatoms. The topological polar surface area (TPSA) is 73.1 Å². The molecule has 0 saturated heterocycles. The Kier molecular flexibility index (Phi) is 5.39. The first-order valence-electron chi connectivity index (χ1n) is 7.75. The van der Waals surface area contributed by atoms with Gasteiger partial charge in [0, 0.05) is 6.07 Å². The van der Waals surface area contributed by atoms with Crippen LogP contribution in [-0.2, 0) is 11.6 Å². The summed E-state index contributed by atoms with van der Waals surface area (Å²) in [5.41, 5.74) is 5.54. The molecule has 0 aliphatic heterocycles. The number of nitrogen functional groups attached to an aromatic ring is 1. The molecule has 0 atom stereocenters. The van der Waals surface area contributed by atoms with Crippen molar-refractivity contribution in [2.24, 2.45) is 0 Å². The third-order valence-electron chi connectivity index (χ3n) is 3.41. The molecule has 0 fully saturated rings. The van der Waals surface area contributed by atoms with E-state index >= 15 is 0 Å². The molecule has 0 bridgehead atoms. The van der Waals surface area contributed by atoms with Gasteiger partial charge in [0.2, 0.25) is 5.95 Å². The van der Waals surface area contributed by atoms with Crippen LogP contribution in [0.1, 0.15) is 32.0 Å². The number of alkyl halides is 3. The van der Waals surface area contributed by atoms with Gasteiger partial charge in [0.15, 0.2) is 5.69 Å². The van der Waals surface area contributed by atoms with Crippen LogP contribution >= 0.6 is 0 Å². The quantitative estimate of drug-likeness (QED) is 0.798. The van der Waals surface area contributed by atoms with Gasteiger partial charge in [-0.05, 0) is 23.1 Å². The Morgan fingerprint density at radius 3 is 2.28 bits per heavy atom. The summed E-state index contributed by atoms with van der Waals surface area (Å²) in [4.78, 5) is 7.14. The lowest BCUT2D eigenvalue weighted by Gasteiger charge is -2.19. The van der Waals surface area contributed by atoms with Gasteiger partial charge in [0.1, 0.15) is 18.2 Å². The lowest BCUT2D eigenvalue weighted by Crippen LogP contribution is -2.17. The number of ether oxygens (including phenoxy) is 1. The summed E-state index contributed by atoms with van der Waals surface area (Å²) in [7, 11) is 0. The third-order valence-corrected chi connectivity index (χ3v) is 3.41. The summed E-state index contributed by atoms with van der Waals surface area (Å²) in [6, 6.07) is 8.38. The number of nitrogens with one attached hydrogen (secondary N) is 1. The molecule has 0 unspecified atom stereocenters. The summed E-state index contributed by atoms with van der Waals surface area (Å²) in [6.45, 7) is 6.84. The molecule has 25 heavy (non-hydrogen) atoms. The van der Waals surface area contributed by atoms with Crippen LogP contribution in [0, 0.1) is 0 Å². The molecule has 1 heterocycles. The van der Waals surface area contributed by atoms with Crippen molar-refractivity contribution in [2.45, 2.75) is 32.4 Å². The molecule has 2 aromatic rings. The first-order chi connectivity index (χ1) is 11.6. The zero-order valence-corrected chi connectivity index (χ0v) is 14.3. The van der Waals surface area contributed by atoms with E-state index in [0.29, 0.717) is 11.8 Å². The van der Waals surface area contributed by atoms with E-state index in [4.69, 9.17) is 10.5 Å². The van der Waals surface area contributed by atoms with Crippen LogP contribution in [-0.4, -0.2) is 23.1 Å². The summed E-state index contributed by atoms with van der Waals surface area (Å²) >= 11 is 0. The Morgan fingerprint density at radius 2 is 1.72 bits per heavy atom. The predicted molar refractivity (Wildman–Crippen MR) is 90.6 cm³/mol. The predicted octanol–water partition coefficient (Wildman–Crippen LogP) is 3.87. The van der Waals surface area contributed by atoms with E-state index in [2.05, 4.69) is 36.1 Å². The monoisotopic (exact) mass is 354 g/mol. The van der Waals surface area contributed by atoms with Gasteiger partial charge < -0.3 is 15.8 Å². The second-order valence-electron chi connectivity index (χ2n) is 6.55. The highest BCUT2D eigenvalue weighted by Crippen LogP contribution is 2.29. The van der Waals surface area contributed by atoms with Crippen molar-refractivity contribution in [2.75, 3.05) is 24.2 Å². The minimum absolute atomic E-state index is 0.0564. The Labute approximate surface area is 144 Å². The van der Waals surface area contributed by atoms with Gasteiger partial charge in [0.05, 0.1) is 6.54 Å². The molecule has 1 aromatic carbocycles. The maximum absolute atomic E-state index is 12.7. The lowest BCUT2D eigenvalue weighted by molar-refractivity contribution is -0.141. The molecule has 0 radical (unpaired) electrons. The second-order valence-corrected chi connectivity index (χ2v) is 6.55. The number of nitrogens with zero attached hydrogens (tertiary/aromatic N) is 2. The van der Waals surface area contributed by atoms with Gasteiger partial charge in [-0.1, -0.05) is 32.9 Å². The average molecular weight is 354 g/mol. The molecule has 0 saturated carbocycles. The number of halogens is 3. The van der Waals surface area contributed by atoms with Crippen molar-refractivity contribution < 1.29 is 17.9 Å². The molecule has 136 valence electrons. The fraction of sp³-hybridized carbons (Fsp3) is 0.412. The van der Waals surface area contributed by atoms with Gasteiger partial charge in [-0.3, -0.25) is 0 Å². The van der Waals surface area contributed by atoms with Crippen LogP contribution in [0.15, 0.2) is 30.3 Å². The van der Waals surface area contributed by atoms with Crippen molar-refractivity contribution in [1.82, 2.24) is 9.97 Å². The minimum atomic E-state index is -4.57. The zero-order valence-electron chi connectivity index (χ0n) is 14.3. The number of nitrogens with two attached hydrogens (primary N) is 1. The zero-order chi connectivity index (χ0) is 18.7. The number of hydrogen-bond acceptors (Lipinski definition) is 5. The fourth-order valence-corrected chi connectivity index (χ4v) is 2.07. The fourth-order valence-electron chi connectivity index (χ4n) is 2.07. The molecule has 0 aliphatic carbocycles. The highest BCUT2D eigenvalue weighted by atomic mass is 19.4. The number of anilines is 2. The molecule has 1 aromatic heterocycles. The summed E-state index contributed by atoms with van der Waals surface area (Å²) in [5.74, 6) is 0.252. The molecular formula is C17H21F3N4O. The van der Waals surface area contributed by atoms with Crippen LogP contribution in [0.3, 0.4) is 0 Å². The van der Waals surface area contributed by atoms with Crippen LogP contribution in [0.5, 0.6) is 5.75 Å². The van der Waals surface area contributed by atoms with Crippen LogP contribution in [0.4, 0.5) is 24.9 Å². The Bertz CT molecular complexity index is 709. The van der Waals surface area contributed by atoms with E-state index in [1.165, 1.54) is 5.56 Å². The molecule has 2 rings (SSSR count). The average Bonchev–Trinajstić information content (AvgIpc) is 2.50. The maximum atomic E-state index is 12.7. The Hall–Kier alpha value is -2.51. The first-order valence-corrected chi connectivity index (χ1v) is 7.75. The van der Waals surface area contributed by atoms with Gasteiger partial charge >= 0.3 is 6.18 Å². The van der Waals surface area contributed by atoms with E-state index in [0.717, 1.165) is 0 Å². The molecule has 3 N–H and O–H groups in total. The SMILES string of the molecule is CC(C)(C)c1ccc(OCCNc2nc(N)cc(C(F)(F)F)n2)cc1. The van der Waals surface area contributed by atoms with Gasteiger partial charge in [-0.15, -0.1) is 0 Å². The van der Waals surface area contributed by atoms with Crippen molar-refractivity contribution in [1.29, 1.82) is 0 Å². The summed E-state index contributed by atoms with van der Waals surface area (Å²) in [6.07, 6.45) is -4.57. The second kappa shape index (κ2) is 7.16. The highest BCUT2D eigenvalue weighted by Gasteiger charge is 2.33. The summed E-state index contributed by atoms with van der Waals surface area (Å²) < 4.78 is 43.6. The third kappa shape index (κ3) is 5.51. The number of hydrogen-bond donors (Lipinski definition) is 2. The van der Waals surface area contributed by atoms with Gasteiger partial charge in [0.25, 0.3) is 0 Å². The van der Waals surface area contributed by atoms with Gasteiger partial charge in [-0.25, -0.2) is 4.98 Å². The minimum Gasteiger partial charge on any atom is -0.492 e. The van der Waals surface area contributed by atoms with Crippen LogP contribution < -0.4 is 15.8 Å². The first kappa shape index (κ1) is 18.8. The van der Waals surface area contributed by atoms with E-state index < -0.39 is 11.9 Å². The van der Waals surface area contributed by atoms with Crippen molar-refractivity contribution in [3.05, 3.63) is 41.6 Å². The van der Waals surface area contributed by atoms with Gasteiger partial charge in [-0.2, -0.15) is 18.2 Å². The molecule has 0 spiro atoms. The molecule has 0 amide bonds. The largest absolute Gasteiger partial charge is 0.492 e. The number of benzene rings is 1. The number of aromatic nitrogens is 2. The molecule has 5 nitrogen and oxygen atoms in total.